The van der Waals surface area contributed by atoms with Crippen molar-refractivity contribution in [3.8, 4) is 0 Å². The first-order chi connectivity index (χ1) is 35.5. The first-order valence-electron chi connectivity index (χ1n) is 30.6. The molecule has 72 heavy (non-hydrogen) atoms. The lowest BCUT2D eigenvalue weighted by Crippen LogP contribution is -2.30. The fraction of sp³-hybridized carbons (Fsp3) is 0.742. The van der Waals surface area contributed by atoms with Crippen molar-refractivity contribution in [2.75, 3.05) is 13.2 Å². The maximum atomic E-state index is 12.9. The fourth-order valence-corrected chi connectivity index (χ4v) is 8.56. The van der Waals surface area contributed by atoms with Crippen LogP contribution in [-0.4, -0.2) is 37.2 Å². The normalized spacial score (nSPS) is 12.7. The summed E-state index contributed by atoms with van der Waals surface area (Å²) in [5.74, 6) is -0.893. The standard InChI is InChI=1S/C66H114O6/c1-4-7-10-13-16-19-22-25-28-31-33-35-38-41-44-47-50-53-56-59-65(68)71-62-63(61-70-64(67)58-55-52-49-46-43-40-37-30-27-24-21-18-15-12-9-6-3)72-66(69)60-57-54-51-48-45-42-39-36-34-32-29-26-23-20-17-14-11-8-5-2/h9,12,16-23,25-27,30,63H,4-8,10-11,13-15,24,28-29,31-62H2,1-3H3/b12-9-,19-16-,20-17-,21-18-,25-22-,26-23-,30-27-. The topological polar surface area (TPSA) is 78.9 Å². The summed E-state index contributed by atoms with van der Waals surface area (Å²) in [5.41, 5.74) is 0. The Kier molecular flexibility index (Phi) is 57.3. The summed E-state index contributed by atoms with van der Waals surface area (Å²) in [6.45, 7) is 6.48. The molecule has 0 aromatic rings. The lowest BCUT2D eigenvalue weighted by Gasteiger charge is -2.18. The van der Waals surface area contributed by atoms with Gasteiger partial charge in [-0.2, -0.15) is 0 Å². The average molecular weight is 1000 g/mol. The molecule has 0 aromatic carbocycles. The SMILES string of the molecule is CC/C=C\C/C=C\C/C=C\CCCCCCCCC(=O)OCC(COC(=O)CCCCCCCCCCCC/C=C\C=C/CCCCC)OC(=O)CCCCCCCCCCCC/C=C\C=C/CCCCC. The van der Waals surface area contributed by atoms with Crippen LogP contribution in [0.2, 0.25) is 0 Å². The van der Waals surface area contributed by atoms with Gasteiger partial charge in [-0.05, 0) is 103 Å². The molecule has 6 heteroatoms. The van der Waals surface area contributed by atoms with Crippen molar-refractivity contribution < 1.29 is 28.6 Å². The van der Waals surface area contributed by atoms with Crippen molar-refractivity contribution in [2.45, 2.75) is 303 Å². The zero-order valence-corrected chi connectivity index (χ0v) is 47.4. The van der Waals surface area contributed by atoms with E-state index in [2.05, 4.69) is 106 Å². The summed E-state index contributed by atoms with van der Waals surface area (Å²) in [7, 11) is 0. The van der Waals surface area contributed by atoms with Gasteiger partial charge in [-0.3, -0.25) is 14.4 Å². The monoisotopic (exact) mass is 1000 g/mol. The van der Waals surface area contributed by atoms with Gasteiger partial charge in [0.15, 0.2) is 6.10 Å². The van der Waals surface area contributed by atoms with Crippen molar-refractivity contribution >= 4 is 17.9 Å². The lowest BCUT2D eigenvalue weighted by atomic mass is 10.1. The van der Waals surface area contributed by atoms with Crippen molar-refractivity contribution in [1.29, 1.82) is 0 Å². The van der Waals surface area contributed by atoms with E-state index < -0.39 is 6.10 Å². The van der Waals surface area contributed by atoms with Gasteiger partial charge < -0.3 is 14.2 Å². The predicted molar refractivity (Wildman–Crippen MR) is 311 cm³/mol. The van der Waals surface area contributed by atoms with Gasteiger partial charge in [0.2, 0.25) is 0 Å². The second kappa shape index (κ2) is 60.1. The Labute approximate surface area is 445 Å². The second-order valence-corrected chi connectivity index (χ2v) is 20.3. The third kappa shape index (κ3) is 57.5. The average Bonchev–Trinajstić information content (AvgIpc) is 3.38. The summed E-state index contributed by atoms with van der Waals surface area (Å²) < 4.78 is 16.9. The van der Waals surface area contributed by atoms with Gasteiger partial charge in [-0.25, -0.2) is 0 Å². The Morgan fingerprint density at radius 3 is 0.931 bits per heavy atom. The summed E-state index contributed by atoms with van der Waals surface area (Å²) in [5, 5.41) is 0. The summed E-state index contributed by atoms with van der Waals surface area (Å²) >= 11 is 0. The van der Waals surface area contributed by atoms with Crippen molar-refractivity contribution in [3.05, 3.63) is 85.1 Å². The highest BCUT2D eigenvalue weighted by Crippen LogP contribution is 2.16. The van der Waals surface area contributed by atoms with E-state index in [-0.39, 0.29) is 31.1 Å². The van der Waals surface area contributed by atoms with Gasteiger partial charge >= 0.3 is 17.9 Å². The highest BCUT2D eigenvalue weighted by Gasteiger charge is 2.19. The van der Waals surface area contributed by atoms with Crippen LogP contribution in [0.4, 0.5) is 0 Å². The van der Waals surface area contributed by atoms with Crippen LogP contribution in [0, 0.1) is 0 Å². The first kappa shape index (κ1) is 68.6. The summed E-state index contributed by atoms with van der Waals surface area (Å²) in [4.78, 5) is 38.3. The molecule has 0 saturated carbocycles. The smallest absolute Gasteiger partial charge is 0.306 e. The number of carbonyl (C=O) groups excluding carboxylic acids is 3. The quantitative estimate of drug-likeness (QED) is 0.0199. The molecule has 0 amide bonds. The van der Waals surface area contributed by atoms with Crippen LogP contribution in [0.3, 0.4) is 0 Å². The van der Waals surface area contributed by atoms with Gasteiger partial charge in [0.1, 0.15) is 13.2 Å². The molecular weight excluding hydrogens is 889 g/mol. The zero-order chi connectivity index (χ0) is 52.2. The molecule has 0 aliphatic heterocycles. The van der Waals surface area contributed by atoms with E-state index in [9.17, 15) is 14.4 Å². The summed E-state index contributed by atoms with van der Waals surface area (Å²) in [6, 6.07) is 0. The van der Waals surface area contributed by atoms with Crippen molar-refractivity contribution in [2.24, 2.45) is 0 Å². The number of unbranched alkanes of at least 4 members (excludes halogenated alkanes) is 32. The number of esters is 3. The number of hydrogen-bond donors (Lipinski definition) is 0. The van der Waals surface area contributed by atoms with E-state index in [0.29, 0.717) is 19.3 Å². The van der Waals surface area contributed by atoms with Crippen LogP contribution >= 0.6 is 0 Å². The van der Waals surface area contributed by atoms with E-state index in [0.717, 1.165) is 83.5 Å². The molecule has 0 heterocycles. The Bertz CT molecular complexity index is 1380. The Hall–Kier alpha value is -3.41. The minimum Gasteiger partial charge on any atom is -0.462 e. The number of carbonyl (C=O) groups is 3. The van der Waals surface area contributed by atoms with E-state index in [4.69, 9.17) is 14.2 Å². The minimum atomic E-state index is -0.787. The van der Waals surface area contributed by atoms with Crippen LogP contribution in [0.25, 0.3) is 0 Å². The maximum Gasteiger partial charge on any atom is 0.306 e. The van der Waals surface area contributed by atoms with Gasteiger partial charge in [0, 0.05) is 19.3 Å². The molecule has 1 atom stereocenters. The van der Waals surface area contributed by atoms with Gasteiger partial charge in [0.25, 0.3) is 0 Å². The molecule has 414 valence electrons. The molecule has 0 fully saturated rings. The minimum absolute atomic E-state index is 0.0832. The molecule has 0 radical (unpaired) electrons. The van der Waals surface area contributed by atoms with Gasteiger partial charge in [-0.1, -0.05) is 260 Å². The predicted octanol–water partition coefficient (Wildman–Crippen LogP) is 20.7. The van der Waals surface area contributed by atoms with E-state index >= 15 is 0 Å². The third-order valence-electron chi connectivity index (χ3n) is 13.2. The third-order valence-corrected chi connectivity index (χ3v) is 13.2. The second-order valence-electron chi connectivity index (χ2n) is 20.3. The highest BCUT2D eigenvalue weighted by atomic mass is 16.6. The molecule has 0 aliphatic rings. The van der Waals surface area contributed by atoms with E-state index in [1.807, 2.05) is 0 Å². The Balaban J connectivity index is 4.40. The summed E-state index contributed by atoms with van der Waals surface area (Å²) in [6.07, 6.45) is 78.5. The molecule has 0 rings (SSSR count). The van der Waals surface area contributed by atoms with Gasteiger partial charge in [0.05, 0.1) is 0 Å². The van der Waals surface area contributed by atoms with Crippen molar-refractivity contribution in [1.82, 2.24) is 0 Å². The van der Waals surface area contributed by atoms with E-state index in [1.165, 1.54) is 173 Å². The molecule has 0 bridgehead atoms. The molecule has 0 spiro atoms. The van der Waals surface area contributed by atoms with Crippen LogP contribution < -0.4 is 0 Å². The number of rotatable bonds is 55. The fourth-order valence-electron chi connectivity index (χ4n) is 8.56. The first-order valence-corrected chi connectivity index (χ1v) is 30.6. The van der Waals surface area contributed by atoms with Crippen LogP contribution in [0.5, 0.6) is 0 Å². The molecule has 6 nitrogen and oxygen atoms in total. The lowest BCUT2D eigenvalue weighted by molar-refractivity contribution is -0.167. The molecule has 0 aromatic heterocycles. The van der Waals surface area contributed by atoms with Crippen LogP contribution in [-0.2, 0) is 28.6 Å². The number of allylic oxidation sites excluding steroid dienone is 14. The zero-order valence-electron chi connectivity index (χ0n) is 47.4. The largest absolute Gasteiger partial charge is 0.462 e. The van der Waals surface area contributed by atoms with Crippen LogP contribution in [0.1, 0.15) is 297 Å². The number of hydrogen-bond acceptors (Lipinski definition) is 6. The molecule has 1 unspecified atom stereocenters. The molecule has 0 saturated heterocycles. The maximum absolute atomic E-state index is 12.9. The van der Waals surface area contributed by atoms with Crippen molar-refractivity contribution in [3.63, 3.8) is 0 Å². The highest BCUT2D eigenvalue weighted by molar-refractivity contribution is 5.71. The Morgan fingerprint density at radius 1 is 0.306 bits per heavy atom. The molecule has 0 aliphatic carbocycles. The van der Waals surface area contributed by atoms with Crippen LogP contribution in [0.15, 0.2) is 85.1 Å². The molecule has 0 N–H and O–H groups in total. The van der Waals surface area contributed by atoms with E-state index in [1.54, 1.807) is 0 Å². The Morgan fingerprint density at radius 2 is 0.583 bits per heavy atom. The van der Waals surface area contributed by atoms with Gasteiger partial charge in [-0.15, -0.1) is 0 Å². The number of ether oxygens (including phenoxy) is 3. The molecular formula is C66H114O6.